The molecule has 0 aliphatic heterocycles. The molecule has 3 rings (SSSR count). The summed E-state index contributed by atoms with van der Waals surface area (Å²) in [5, 5.41) is 5.97. The minimum atomic E-state index is -0.00537. The van der Waals surface area contributed by atoms with Crippen LogP contribution in [0.2, 0.25) is 0 Å². The quantitative estimate of drug-likeness (QED) is 0.571. The van der Waals surface area contributed by atoms with Gasteiger partial charge in [-0.15, -0.1) is 11.3 Å². The van der Waals surface area contributed by atoms with Crippen LogP contribution in [-0.2, 0) is 17.6 Å². The number of pyridine rings is 1. The summed E-state index contributed by atoms with van der Waals surface area (Å²) in [6.07, 6.45) is 4.25. The van der Waals surface area contributed by atoms with Crippen molar-refractivity contribution in [2.24, 2.45) is 5.92 Å². The van der Waals surface area contributed by atoms with Gasteiger partial charge in [-0.1, -0.05) is 57.5 Å². The number of carbonyl (C=O) groups is 1. The lowest BCUT2D eigenvalue weighted by atomic mass is 9.94. The van der Waals surface area contributed by atoms with Crippen LogP contribution in [0.3, 0.4) is 0 Å². The van der Waals surface area contributed by atoms with Gasteiger partial charge < -0.3 is 5.32 Å². The molecule has 0 aliphatic rings. The van der Waals surface area contributed by atoms with Gasteiger partial charge in [-0.3, -0.25) is 9.78 Å². The van der Waals surface area contributed by atoms with Gasteiger partial charge in [-0.2, -0.15) is 0 Å². The summed E-state index contributed by atoms with van der Waals surface area (Å²) in [6, 6.07) is 14.4. The molecule has 1 unspecified atom stereocenters. The van der Waals surface area contributed by atoms with Gasteiger partial charge in [0.1, 0.15) is 5.01 Å². The molecule has 2 aromatic heterocycles. The molecule has 28 heavy (non-hydrogen) atoms. The lowest BCUT2D eigenvalue weighted by Crippen LogP contribution is -2.32. The Morgan fingerprint density at radius 1 is 1.14 bits per heavy atom. The Kier molecular flexibility index (Phi) is 6.93. The van der Waals surface area contributed by atoms with Crippen LogP contribution in [0, 0.1) is 5.92 Å². The molecular weight excluding hydrogens is 366 g/mol. The fourth-order valence-electron chi connectivity index (χ4n) is 3.20. The van der Waals surface area contributed by atoms with Crippen molar-refractivity contribution in [2.75, 3.05) is 0 Å². The molecule has 0 saturated carbocycles. The number of hydrogen-bond donors (Lipinski definition) is 1. The van der Waals surface area contributed by atoms with Crippen molar-refractivity contribution in [3.63, 3.8) is 0 Å². The molecule has 1 atom stereocenters. The largest absolute Gasteiger partial charge is 0.349 e. The first-order chi connectivity index (χ1) is 13.6. The van der Waals surface area contributed by atoms with E-state index < -0.39 is 0 Å². The minimum Gasteiger partial charge on any atom is -0.349 e. The number of rotatable bonds is 8. The predicted octanol–water partition coefficient (Wildman–Crippen LogP) is 5.21. The highest BCUT2D eigenvalue weighted by Crippen LogP contribution is 2.24. The number of carbonyl (C=O) groups excluding carboxylic acids is 1. The van der Waals surface area contributed by atoms with Crippen molar-refractivity contribution < 1.29 is 4.79 Å². The third-order valence-electron chi connectivity index (χ3n) is 4.64. The maximum absolute atomic E-state index is 12.7. The molecule has 4 nitrogen and oxygen atoms in total. The Hall–Kier alpha value is -2.53. The van der Waals surface area contributed by atoms with E-state index in [0.29, 0.717) is 5.92 Å². The first-order valence-corrected chi connectivity index (χ1v) is 10.7. The summed E-state index contributed by atoms with van der Waals surface area (Å²) in [5.41, 5.74) is 4.11. The number of thiazole rings is 1. The number of amides is 1. The second-order valence-electron chi connectivity index (χ2n) is 7.32. The van der Waals surface area contributed by atoms with E-state index in [4.69, 9.17) is 0 Å². The average Bonchev–Trinajstić information content (AvgIpc) is 3.16. The fraction of sp³-hybridized carbons (Fsp3) is 0.348. The van der Waals surface area contributed by atoms with Crippen LogP contribution >= 0.6 is 11.3 Å². The summed E-state index contributed by atoms with van der Waals surface area (Å²) < 4.78 is 0. The van der Waals surface area contributed by atoms with Crippen LogP contribution in [0.5, 0.6) is 0 Å². The second kappa shape index (κ2) is 9.60. The number of aromatic nitrogens is 2. The van der Waals surface area contributed by atoms with E-state index in [-0.39, 0.29) is 18.4 Å². The fourth-order valence-corrected chi connectivity index (χ4v) is 3.99. The van der Waals surface area contributed by atoms with Gasteiger partial charge >= 0.3 is 0 Å². The van der Waals surface area contributed by atoms with Crippen LogP contribution in [0.25, 0.3) is 10.7 Å². The lowest BCUT2D eigenvalue weighted by Gasteiger charge is -2.23. The number of benzene rings is 1. The summed E-state index contributed by atoms with van der Waals surface area (Å²) in [7, 11) is 0. The van der Waals surface area contributed by atoms with Crippen LogP contribution in [0.4, 0.5) is 0 Å². The number of nitrogens with one attached hydrogen (secondary N) is 1. The smallest absolute Gasteiger partial charge is 0.226 e. The third-order valence-corrected chi connectivity index (χ3v) is 5.55. The average molecular weight is 394 g/mol. The molecule has 0 saturated heterocycles. The number of aryl methyl sites for hydroxylation is 1. The zero-order chi connectivity index (χ0) is 19.9. The minimum absolute atomic E-state index is 0.00271. The third kappa shape index (κ3) is 5.26. The molecule has 5 heteroatoms. The molecule has 1 aromatic carbocycles. The van der Waals surface area contributed by atoms with E-state index in [0.717, 1.165) is 34.8 Å². The first-order valence-electron chi connectivity index (χ1n) is 9.80. The molecule has 146 valence electrons. The summed E-state index contributed by atoms with van der Waals surface area (Å²) >= 11 is 1.52. The van der Waals surface area contributed by atoms with Crippen LogP contribution in [-0.4, -0.2) is 15.9 Å². The molecule has 0 radical (unpaired) electrons. The van der Waals surface area contributed by atoms with Gasteiger partial charge in [0.25, 0.3) is 0 Å². The van der Waals surface area contributed by atoms with Gasteiger partial charge in [0.2, 0.25) is 5.91 Å². The predicted molar refractivity (Wildman–Crippen MR) is 115 cm³/mol. The Morgan fingerprint density at radius 3 is 2.57 bits per heavy atom. The maximum Gasteiger partial charge on any atom is 0.226 e. The summed E-state index contributed by atoms with van der Waals surface area (Å²) in [5.74, 6) is 0.301. The summed E-state index contributed by atoms with van der Waals surface area (Å²) in [4.78, 5) is 21.5. The molecular formula is C23H27N3OS. The second-order valence-corrected chi connectivity index (χ2v) is 8.17. The van der Waals surface area contributed by atoms with Crippen molar-refractivity contribution >= 4 is 17.2 Å². The Balaban J connectivity index is 1.65. The molecule has 1 N–H and O–H groups in total. The first kappa shape index (κ1) is 20.2. The van der Waals surface area contributed by atoms with Crippen LogP contribution < -0.4 is 5.32 Å². The van der Waals surface area contributed by atoms with Gasteiger partial charge in [0, 0.05) is 11.6 Å². The molecule has 0 aliphatic carbocycles. The SMILES string of the molecule is CCCc1ccc(C(NC(=O)Cc2csc(-c3ccccn3)n2)C(C)C)cc1. The van der Waals surface area contributed by atoms with E-state index in [9.17, 15) is 4.79 Å². The highest BCUT2D eigenvalue weighted by molar-refractivity contribution is 7.13. The topological polar surface area (TPSA) is 54.9 Å². The van der Waals surface area contributed by atoms with Crippen molar-refractivity contribution in [1.82, 2.24) is 15.3 Å². The molecule has 2 heterocycles. The molecule has 3 aromatic rings. The Labute approximate surface area is 171 Å². The zero-order valence-corrected chi connectivity index (χ0v) is 17.5. The highest BCUT2D eigenvalue weighted by Gasteiger charge is 2.19. The van der Waals surface area contributed by atoms with E-state index >= 15 is 0 Å². The lowest BCUT2D eigenvalue weighted by molar-refractivity contribution is -0.121. The van der Waals surface area contributed by atoms with Crippen LogP contribution in [0.1, 0.15) is 50.1 Å². The van der Waals surface area contributed by atoms with Gasteiger partial charge in [-0.05, 0) is 35.6 Å². The highest BCUT2D eigenvalue weighted by atomic mass is 32.1. The van der Waals surface area contributed by atoms with E-state index in [2.05, 4.69) is 60.3 Å². The van der Waals surface area contributed by atoms with Gasteiger partial charge in [0.15, 0.2) is 0 Å². The van der Waals surface area contributed by atoms with E-state index in [1.807, 2.05) is 23.6 Å². The van der Waals surface area contributed by atoms with Gasteiger partial charge in [0.05, 0.1) is 23.9 Å². The molecule has 0 fully saturated rings. The summed E-state index contributed by atoms with van der Waals surface area (Å²) in [6.45, 7) is 6.45. The van der Waals surface area contributed by atoms with E-state index in [1.54, 1.807) is 6.20 Å². The van der Waals surface area contributed by atoms with Crippen molar-refractivity contribution in [1.29, 1.82) is 0 Å². The van der Waals surface area contributed by atoms with Crippen LogP contribution in [0.15, 0.2) is 54.0 Å². The number of hydrogen-bond acceptors (Lipinski definition) is 4. The molecule has 0 bridgehead atoms. The van der Waals surface area contributed by atoms with E-state index in [1.165, 1.54) is 16.9 Å². The van der Waals surface area contributed by atoms with Crippen molar-refractivity contribution in [2.45, 2.75) is 46.1 Å². The normalized spacial score (nSPS) is 12.1. The van der Waals surface area contributed by atoms with Gasteiger partial charge in [-0.25, -0.2) is 4.98 Å². The maximum atomic E-state index is 12.7. The monoisotopic (exact) mass is 393 g/mol. The molecule has 0 spiro atoms. The van der Waals surface area contributed by atoms with Crippen molar-refractivity contribution in [3.05, 3.63) is 70.9 Å². The number of nitrogens with zero attached hydrogens (tertiary/aromatic N) is 2. The Bertz CT molecular complexity index is 888. The zero-order valence-electron chi connectivity index (χ0n) is 16.7. The standard InChI is InChI=1S/C23H27N3OS/c1-4-7-17-9-11-18(12-10-17)22(16(2)3)26-21(27)14-19-15-28-23(25-19)20-8-5-6-13-24-20/h5-6,8-13,15-16,22H,4,7,14H2,1-3H3,(H,26,27). The molecule has 1 amide bonds. The van der Waals surface area contributed by atoms with Crippen molar-refractivity contribution in [3.8, 4) is 10.7 Å². The Morgan fingerprint density at radius 2 is 1.93 bits per heavy atom.